The van der Waals surface area contributed by atoms with E-state index in [1.807, 2.05) is 0 Å². The number of benzene rings is 2. The van der Waals surface area contributed by atoms with Gasteiger partial charge in [-0.1, -0.05) is 18.2 Å². The Hall–Kier alpha value is -3.80. The molecule has 3 amide bonds. The first-order valence-electron chi connectivity index (χ1n) is 8.37. The van der Waals surface area contributed by atoms with E-state index in [2.05, 4.69) is 10.3 Å². The predicted molar refractivity (Wildman–Crippen MR) is 101 cm³/mol. The van der Waals surface area contributed by atoms with Crippen molar-refractivity contribution in [3.63, 3.8) is 0 Å². The van der Waals surface area contributed by atoms with Gasteiger partial charge in [-0.2, -0.15) is 0 Å². The van der Waals surface area contributed by atoms with Gasteiger partial charge in [-0.25, -0.2) is 4.90 Å². The van der Waals surface area contributed by atoms with Gasteiger partial charge in [0.05, 0.1) is 16.8 Å². The predicted octanol–water partition coefficient (Wildman–Crippen LogP) is 3.44. The van der Waals surface area contributed by atoms with Gasteiger partial charge in [0, 0.05) is 11.9 Å². The maximum absolute atomic E-state index is 12.6. The normalized spacial score (nSPS) is 12.9. The van der Waals surface area contributed by atoms with Gasteiger partial charge in [0.1, 0.15) is 5.69 Å². The molecule has 4 rings (SSSR count). The van der Waals surface area contributed by atoms with Crippen molar-refractivity contribution < 1.29 is 14.4 Å². The number of hydrogen-bond acceptors (Lipinski definition) is 4. The Bertz CT molecular complexity index is 1040. The fourth-order valence-corrected chi connectivity index (χ4v) is 3.08. The minimum Gasteiger partial charge on any atom is -0.321 e. The van der Waals surface area contributed by atoms with Crippen LogP contribution in [0.4, 0.5) is 11.4 Å². The SMILES string of the molecule is Cc1cc(NC(=O)c2ccccn2)ccc1N1C(=O)c2ccccc2C1=O. The van der Waals surface area contributed by atoms with Crippen LogP contribution in [0.3, 0.4) is 0 Å². The number of hydrogen-bond donors (Lipinski definition) is 1. The number of pyridine rings is 1. The summed E-state index contributed by atoms with van der Waals surface area (Å²) in [6, 6.07) is 16.9. The Morgan fingerprint density at radius 1 is 0.926 bits per heavy atom. The number of aryl methyl sites for hydroxylation is 1. The highest BCUT2D eigenvalue weighted by atomic mass is 16.2. The lowest BCUT2D eigenvalue weighted by atomic mass is 10.1. The molecular formula is C21H15N3O3. The highest BCUT2D eigenvalue weighted by molar-refractivity contribution is 6.34. The second-order valence-electron chi connectivity index (χ2n) is 6.16. The minimum atomic E-state index is -0.344. The molecule has 0 spiro atoms. The van der Waals surface area contributed by atoms with E-state index in [1.165, 1.54) is 4.90 Å². The first-order valence-corrected chi connectivity index (χ1v) is 8.37. The molecule has 0 aliphatic carbocycles. The van der Waals surface area contributed by atoms with Gasteiger partial charge in [0.15, 0.2) is 0 Å². The van der Waals surface area contributed by atoms with Gasteiger partial charge in [0.2, 0.25) is 0 Å². The third kappa shape index (κ3) is 2.87. The molecule has 0 bridgehead atoms. The van der Waals surface area contributed by atoms with Crippen molar-refractivity contribution >= 4 is 29.1 Å². The van der Waals surface area contributed by atoms with Crippen molar-refractivity contribution in [1.82, 2.24) is 4.98 Å². The Balaban J connectivity index is 1.61. The number of fused-ring (bicyclic) bond motifs is 1. The van der Waals surface area contributed by atoms with Crippen LogP contribution >= 0.6 is 0 Å². The summed E-state index contributed by atoms with van der Waals surface area (Å²) in [5, 5.41) is 2.77. The molecule has 1 aromatic heterocycles. The molecule has 0 radical (unpaired) electrons. The highest BCUT2D eigenvalue weighted by Crippen LogP contribution is 2.31. The van der Waals surface area contributed by atoms with Crippen molar-refractivity contribution in [2.24, 2.45) is 0 Å². The van der Waals surface area contributed by atoms with Crippen molar-refractivity contribution in [3.05, 3.63) is 89.2 Å². The van der Waals surface area contributed by atoms with Crippen molar-refractivity contribution in [1.29, 1.82) is 0 Å². The lowest BCUT2D eigenvalue weighted by molar-refractivity contribution is 0.0924. The van der Waals surface area contributed by atoms with E-state index in [0.717, 1.165) is 0 Å². The zero-order chi connectivity index (χ0) is 19.0. The van der Waals surface area contributed by atoms with Crippen LogP contribution in [0.2, 0.25) is 0 Å². The van der Waals surface area contributed by atoms with E-state index in [4.69, 9.17) is 0 Å². The Labute approximate surface area is 155 Å². The van der Waals surface area contributed by atoms with Crippen LogP contribution in [0.15, 0.2) is 66.9 Å². The molecule has 3 aromatic rings. The van der Waals surface area contributed by atoms with Gasteiger partial charge in [-0.3, -0.25) is 19.4 Å². The maximum atomic E-state index is 12.6. The van der Waals surface area contributed by atoms with Gasteiger partial charge in [0.25, 0.3) is 17.7 Å². The summed E-state index contributed by atoms with van der Waals surface area (Å²) in [6.45, 7) is 1.79. The first kappa shape index (κ1) is 16.7. The van der Waals surface area contributed by atoms with Crippen LogP contribution in [0, 0.1) is 6.92 Å². The molecule has 2 aromatic carbocycles. The molecule has 0 fully saturated rings. The molecule has 1 aliphatic rings. The number of carbonyl (C=O) groups excluding carboxylic acids is 3. The molecule has 0 saturated heterocycles. The lowest BCUT2D eigenvalue weighted by Gasteiger charge is -2.17. The van der Waals surface area contributed by atoms with Crippen LogP contribution in [-0.4, -0.2) is 22.7 Å². The fourth-order valence-electron chi connectivity index (χ4n) is 3.08. The lowest BCUT2D eigenvalue weighted by Crippen LogP contribution is -2.30. The zero-order valence-corrected chi connectivity index (χ0v) is 14.5. The van der Waals surface area contributed by atoms with E-state index < -0.39 is 0 Å². The van der Waals surface area contributed by atoms with E-state index >= 15 is 0 Å². The number of rotatable bonds is 3. The third-order valence-corrected chi connectivity index (χ3v) is 4.39. The molecular weight excluding hydrogens is 342 g/mol. The Morgan fingerprint density at radius 3 is 2.19 bits per heavy atom. The van der Waals surface area contributed by atoms with Gasteiger partial charge < -0.3 is 5.32 Å². The summed E-state index contributed by atoms with van der Waals surface area (Å²) in [6.07, 6.45) is 1.55. The molecule has 132 valence electrons. The molecule has 6 nitrogen and oxygen atoms in total. The van der Waals surface area contributed by atoms with Crippen LogP contribution in [0.1, 0.15) is 36.8 Å². The van der Waals surface area contributed by atoms with Crippen LogP contribution in [0.5, 0.6) is 0 Å². The summed E-state index contributed by atoms with van der Waals surface area (Å²) < 4.78 is 0. The molecule has 0 unspecified atom stereocenters. The fraction of sp³-hybridized carbons (Fsp3) is 0.0476. The number of amides is 3. The van der Waals surface area contributed by atoms with E-state index in [1.54, 1.807) is 73.8 Å². The molecule has 0 saturated carbocycles. The number of carbonyl (C=O) groups is 3. The maximum Gasteiger partial charge on any atom is 0.274 e. The minimum absolute atomic E-state index is 0.305. The summed E-state index contributed by atoms with van der Waals surface area (Å²) in [7, 11) is 0. The quantitative estimate of drug-likeness (QED) is 0.728. The molecule has 27 heavy (non-hydrogen) atoms. The van der Waals surface area contributed by atoms with Gasteiger partial charge in [-0.05, 0) is 55.0 Å². The highest BCUT2D eigenvalue weighted by Gasteiger charge is 2.36. The largest absolute Gasteiger partial charge is 0.321 e. The summed E-state index contributed by atoms with van der Waals surface area (Å²) in [4.78, 5) is 42.7. The van der Waals surface area contributed by atoms with Gasteiger partial charge >= 0.3 is 0 Å². The summed E-state index contributed by atoms with van der Waals surface area (Å²) in [5.41, 5.74) is 2.85. The second kappa shape index (κ2) is 6.49. The molecule has 1 N–H and O–H groups in total. The van der Waals surface area contributed by atoms with Crippen molar-refractivity contribution in [2.45, 2.75) is 6.92 Å². The molecule has 6 heteroatoms. The smallest absolute Gasteiger partial charge is 0.274 e. The molecule has 0 atom stereocenters. The van der Waals surface area contributed by atoms with Crippen LogP contribution in [0.25, 0.3) is 0 Å². The average molecular weight is 357 g/mol. The van der Waals surface area contributed by atoms with Gasteiger partial charge in [-0.15, -0.1) is 0 Å². The van der Waals surface area contributed by atoms with E-state index in [-0.39, 0.29) is 17.7 Å². The van der Waals surface area contributed by atoms with Crippen LogP contribution in [-0.2, 0) is 0 Å². The number of anilines is 2. The van der Waals surface area contributed by atoms with Crippen LogP contribution < -0.4 is 10.2 Å². The Morgan fingerprint density at radius 2 is 1.59 bits per heavy atom. The molecule has 1 aliphatic heterocycles. The standard InChI is InChI=1S/C21H15N3O3/c1-13-12-14(23-19(25)17-8-4-5-11-22-17)9-10-18(13)24-20(26)15-6-2-3-7-16(15)21(24)27/h2-12H,1H3,(H,23,25). The molecule has 2 heterocycles. The average Bonchev–Trinajstić information content (AvgIpc) is 2.94. The van der Waals surface area contributed by atoms with Crippen molar-refractivity contribution in [3.8, 4) is 0 Å². The zero-order valence-electron chi connectivity index (χ0n) is 14.5. The summed E-state index contributed by atoms with van der Waals surface area (Å²) in [5.74, 6) is -1.02. The number of nitrogens with zero attached hydrogens (tertiary/aromatic N) is 2. The Kier molecular flexibility index (Phi) is 4.01. The second-order valence-corrected chi connectivity index (χ2v) is 6.16. The number of imide groups is 1. The number of aromatic nitrogens is 1. The monoisotopic (exact) mass is 357 g/mol. The third-order valence-electron chi connectivity index (χ3n) is 4.39. The number of nitrogens with one attached hydrogen (secondary N) is 1. The first-order chi connectivity index (χ1) is 13.1. The van der Waals surface area contributed by atoms with E-state index in [0.29, 0.717) is 33.8 Å². The van der Waals surface area contributed by atoms with Crippen molar-refractivity contribution in [2.75, 3.05) is 10.2 Å². The summed E-state index contributed by atoms with van der Waals surface area (Å²) >= 11 is 0. The van der Waals surface area contributed by atoms with E-state index in [9.17, 15) is 14.4 Å². The topological polar surface area (TPSA) is 79.4 Å².